The highest BCUT2D eigenvalue weighted by Gasteiger charge is 2.02. The predicted molar refractivity (Wildman–Crippen MR) is 56.3 cm³/mol. The molecule has 0 aliphatic carbocycles. The summed E-state index contributed by atoms with van der Waals surface area (Å²) in [4.78, 5) is 16.5. The van der Waals surface area contributed by atoms with Gasteiger partial charge in [0.15, 0.2) is 6.29 Å². The Morgan fingerprint density at radius 1 is 1.64 bits per heavy atom. The molecular weight excluding hydrogens is 176 g/mol. The molecule has 1 heterocycles. The van der Waals surface area contributed by atoms with Gasteiger partial charge in [-0.2, -0.15) is 0 Å². The quantitative estimate of drug-likeness (QED) is 0.528. The number of hydrogen-bond donors (Lipinski definition) is 0. The Kier molecular flexibility index (Phi) is 3.69. The van der Waals surface area contributed by atoms with Crippen LogP contribution in [0.1, 0.15) is 17.3 Å². The Labute approximate surface area is 83.8 Å². The Hall–Kier alpha value is -1.82. The van der Waals surface area contributed by atoms with E-state index in [2.05, 4.69) is 10.9 Å². The summed E-state index contributed by atoms with van der Waals surface area (Å²) in [7, 11) is 0. The third-order valence-corrected chi connectivity index (χ3v) is 1.89. The van der Waals surface area contributed by atoms with Crippen LogP contribution in [-0.2, 0) is 0 Å². The van der Waals surface area contributed by atoms with Crippen molar-refractivity contribution in [1.82, 2.24) is 4.98 Å². The van der Waals surface area contributed by atoms with Gasteiger partial charge in [0.2, 0.25) is 0 Å². The molecule has 0 aliphatic heterocycles. The topological polar surface area (TPSA) is 33.2 Å². The van der Waals surface area contributed by atoms with Gasteiger partial charge in [-0.1, -0.05) is 5.92 Å². The zero-order valence-electron chi connectivity index (χ0n) is 8.10. The van der Waals surface area contributed by atoms with Crippen molar-refractivity contribution in [3.63, 3.8) is 0 Å². The molecule has 1 aromatic rings. The second-order valence-electron chi connectivity index (χ2n) is 2.79. The number of rotatable bonds is 4. The normalized spacial score (nSPS) is 9.14. The summed E-state index contributed by atoms with van der Waals surface area (Å²) < 4.78 is 0. The minimum absolute atomic E-state index is 0.532. The first kappa shape index (κ1) is 10.3. The molecular formula is C11H12N2O. The van der Waals surface area contributed by atoms with Crippen LogP contribution in [-0.4, -0.2) is 24.4 Å². The van der Waals surface area contributed by atoms with Crippen LogP contribution in [0.5, 0.6) is 0 Å². The minimum Gasteiger partial charge on any atom is -0.346 e. The third-order valence-electron chi connectivity index (χ3n) is 1.89. The molecule has 0 spiro atoms. The molecule has 0 amide bonds. The van der Waals surface area contributed by atoms with Crippen LogP contribution in [0.3, 0.4) is 0 Å². The fraction of sp³-hybridized carbons (Fsp3) is 0.273. The van der Waals surface area contributed by atoms with E-state index in [4.69, 9.17) is 6.42 Å². The average Bonchev–Trinajstić information content (AvgIpc) is 2.26. The van der Waals surface area contributed by atoms with Crippen molar-refractivity contribution in [2.45, 2.75) is 6.92 Å². The fourth-order valence-corrected chi connectivity index (χ4v) is 1.12. The van der Waals surface area contributed by atoms with E-state index >= 15 is 0 Å². The zero-order chi connectivity index (χ0) is 10.4. The molecule has 0 bridgehead atoms. The summed E-state index contributed by atoms with van der Waals surface area (Å²) in [6.45, 7) is 3.34. The number of pyridine rings is 1. The minimum atomic E-state index is 0.532. The van der Waals surface area contributed by atoms with Gasteiger partial charge in [0.25, 0.3) is 0 Å². The van der Waals surface area contributed by atoms with E-state index in [1.54, 1.807) is 18.3 Å². The van der Waals surface area contributed by atoms with E-state index in [1.165, 1.54) is 0 Å². The van der Waals surface area contributed by atoms with Crippen molar-refractivity contribution in [3.8, 4) is 12.3 Å². The van der Waals surface area contributed by atoms with E-state index in [9.17, 15) is 4.79 Å². The monoisotopic (exact) mass is 188 g/mol. The van der Waals surface area contributed by atoms with Gasteiger partial charge >= 0.3 is 0 Å². The maximum absolute atomic E-state index is 10.4. The lowest BCUT2D eigenvalue weighted by Gasteiger charge is -2.18. The molecule has 72 valence electrons. The van der Waals surface area contributed by atoms with Crippen LogP contribution < -0.4 is 4.90 Å². The van der Waals surface area contributed by atoms with Gasteiger partial charge in [0.05, 0.1) is 6.54 Å². The molecule has 0 fully saturated rings. The van der Waals surface area contributed by atoms with Gasteiger partial charge < -0.3 is 4.90 Å². The van der Waals surface area contributed by atoms with Crippen molar-refractivity contribution >= 4 is 12.1 Å². The summed E-state index contributed by atoms with van der Waals surface area (Å²) in [5.74, 6) is 3.36. The smallest absolute Gasteiger partial charge is 0.151 e. The number of aromatic nitrogens is 1. The number of carbonyl (C=O) groups is 1. The van der Waals surface area contributed by atoms with E-state index in [0.29, 0.717) is 12.1 Å². The van der Waals surface area contributed by atoms with Crippen molar-refractivity contribution in [1.29, 1.82) is 0 Å². The SMILES string of the molecule is C#CCN(CC)c1ccc(C=O)cn1. The molecule has 0 saturated carbocycles. The summed E-state index contributed by atoms with van der Waals surface area (Å²) >= 11 is 0. The van der Waals surface area contributed by atoms with Gasteiger partial charge in [-0.25, -0.2) is 4.98 Å². The highest BCUT2D eigenvalue weighted by atomic mass is 16.1. The number of carbonyl (C=O) groups excluding carboxylic acids is 1. The van der Waals surface area contributed by atoms with Crippen LogP contribution in [0.4, 0.5) is 5.82 Å². The molecule has 0 N–H and O–H groups in total. The molecule has 0 saturated heterocycles. The van der Waals surface area contributed by atoms with Crippen LogP contribution in [0.15, 0.2) is 18.3 Å². The van der Waals surface area contributed by atoms with Gasteiger partial charge in [-0.15, -0.1) is 6.42 Å². The second kappa shape index (κ2) is 5.03. The predicted octanol–water partition coefficient (Wildman–Crippen LogP) is 1.35. The first-order valence-electron chi connectivity index (χ1n) is 4.41. The Bertz CT molecular complexity index is 337. The molecule has 3 nitrogen and oxygen atoms in total. The highest BCUT2D eigenvalue weighted by molar-refractivity contribution is 5.74. The van der Waals surface area contributed by atoms with Crippen LogP contribution in [0.2, 0.25) is 0 Å². The maximum atomic E-state index is 10.4. The zero-order valence-corrected chi connectivity index (χ0v) is 8.10. The molecule has 1 aromatic heterocycles. The molecule has 3 heteroatoms. The Morgan fingerprint density at radius 3 is 2.86 bits per heavy atom. The van der Waals surface area contributed by atoms with E-state index < -0.39 is 0 Å². The van der Waals surface area contributed by atoms with Gasteiger partial charge in [-0.3, -0.25) is 4.79 Å². The van der Waals surface area contributed by atoms with Crippen molar-refractivity contribution in [3.05, 3.63) is 23.9 Å². The van der Waals surface area contributed by atoms with Crippen LogP contribution in [0, 0.1) is 12.3 Å². The maximum Gasteiger partial charge on any atom is 0.151 e. The van der Waals surface area contributed by atoms with Crippen molar-refractivity contribution < 1.29 is 4.79 Å². The number of nitrogens with zero attached hydrogens (tertiary/aromatic N) is 2. The van der Waals surface area contributed by atoms with Gasteiger partial charge in [-0.05, 0) is 19.1 Å². The number of terminal acetylenes is 1. The Morgan fingerprint density at radius 2 is 2.43 bits per heavy atom. The summed E-state index contributed by atoms with van der Waals surface area (Å²) in [6, 6.07) is 3.53. The summed E-state index contributed by atoms with van der Waals surface area (Å²) in [6.07, 6.45) is 7.54. The van der Waals surface area contributed by atoms with E-state index in [-0.39, 0.29) is 0 Å². The molecule has 0 aliphatic rings. The number of anilines is 1. The van der Waals surface area contributed by atoms with Crippen LogP contribution in [0.25, 0.3) is 0 Å². The highest BCUT2D eigenvalue weighted by Crippen LogP contribution is 2.09. The van der Waals surface area contributed by atoms with Crippen LogP contribution >= 0.6 is 0 Å². The molecule has 1 rings (SSSR count). The summed E-state index contributed by atoms with van der Waals surface area (Å²) in [5.41, 5.74) is 0.575. The van der Waals surface area contributed by atoms with Crippen molar-refractivity contribution in [2.75, 3.05) is 18.0 Å². The van der Waals surface area contributed by atoms with E-state index in [0.717, 1.165) is 18.6 Å². The first-order valence-corrected chi connectivity index (χ1v) is 4.41. The molecule has 0 unspecified atom stereocenters. The molecule has 0 atom stereocenters. The largest absolute Gasteiger partial charge is 0.346 e. The second-order valence-corrected chi connectivity index (χ2v) is 2.79. The fourth-order valence-electron chi connectivity index (χ4n) is 1.12. The van der Waals surface area contributed by atoms with Crippen molar-refractivity contribution in [2.24, 2.45) is 0 Å². The summed E-state index contributed by atoms with van der Waals surface area (Å²) in [5, 5.41) is 0. The molecule has 0 aromatic carbocycles. The lowest BCUT2D eigenvalue weighted by atomic mass is 10.3. The molecule has 0 radical (unpaired) electrons. The Balaban J connectivity index is 2.84. The number of aldehydes is 1. The lowest BCUT2D eigenvalue weighted by molar-refractivity contribution is 0.112. The lowest BCUT2D eigenvalue weighted by Crippen LogP contribution is -2.23. The van der Waals surface area contributed by atoms with Gasteiger partial charge in [0, 0.05) is 18.3 Å². The standard InChI is InChI=1S/C11H12N2O/c1-3-7-13(4-2)11-6-5-10(9-14)8-12-11/h1,5-6,8-9H,4,7H2,2H3. The first-order chi connectivity index (χ1) is 6.81. The van der Waals surface area contributed by atoms with E-state index in [1.807, 2.05) is 11.8 Å². The third kappa shape index (κ3) is 2.33. The van der Waals surface area contributed by atoms with Gasteiger partial charge in [0.1, 0.15) is 5.82 Å². The average molecular weight is 188 g/mol. The number of hydrogen-bond acceptors (Lipinski definition) is 3. The molecule has 14 heavy (non-hydrogen) atoms.